The lowest BCUT2D eigenvalue weighted by Gasteiger charge is -2.22. The molecule has 6 heteroatoms. The zero-order valence-electron chi connectivity index (χ0n) is 11.8. The number of hydrogen-bond donors (Lipinski definition) is 0. The standard InChI is InChI=1S/C13H21N5O/c1-4-12-15-13(19-16-12)10-17(3)11(2)6-9-18-8-5-7-14-18/h5,7-8,11H,4,6,9-10H2,1-3H3. The van der Waals surface area contributed by atoms with Crippen molar-refractivity contribution in [3.05, 3.63) is 30.2 Å². The van der Waals surface area contributed by atoms with Gasteiger partial charge in [0.15, 0.2) is 5.82 Å². The van der Waals surface area contributed by atoms with Gasteiger partial charge in [0, 0.05) is 31.4 Å². The van der Waals surface area contributed by atoms with Crippen molar-refractivity contribution in [1.82, 2.24) is 24.8 Å². The van der Waals surface area contributed by atoms with Gasteiger partial charge in [-0.3, -0.25) is 9.58 Å². The maximum Gasteiger partial charge on any atom is 0.240 e. The van der Waals surface area contributed by atoms with Gasteiger partial charge < -0.3 is 4.52 Å². The molecule has 0 aliphatic heterocycles. The van der Waals surface area contributed by atoms with E-state index in [1.54, 1.807) is 6.20 Å². The van der Waals surface area contributed by atoms with Crippen LogP contribution in [0.15, 0.2) is 23.0 Å². The molecule has 0 fully saturated rings. The molecule has 0 spiro atoms. The van der Waals surface area contributed by atoms with Crippen LogP contribution in [-0.4, -0.2) is 37.9 Å². The number of aromatic nitrogens is 4. The summed E-state index contributed by atoms with van der Waals surface area (Å²) in [5.74, 6) is 1.46. The quantitative estimate of drug-likeness (QED) is 0.761. The molecule has 2 aromatic heterocycles. The average Bonchev–Trinajstić information content (AvgIpc) is 3.06. The molecule has 1 atom stereocenters. The van der Waals surface area contributed by atoms with Gasteiger partial charge in [0.1, 0.15) is 0 Å². The third kappa shape index (κ3) is 3.89. The van der Waals surface area contributed by atoms with Crippen LogP contribution >= 0.6 is 0 Å². The first-order valence-electron chi connectivity index (χ1n) is 6.68. The molecule has 104 valence electrons. The molecule has 6 nitrogen and oxygen atoms in total. The van der Waals surface area contributed by atoms with Gasteiger partial charge >= 0.3 is 0 Å². The van der Waals surface area contributed by atoms with Crippen LogP contribution in [0.4, 0.5) is 0 Å². The first kappa shape index (κ1) is 13.7. The highest BCUT2D eigenvalue weighted by Crippen LogP contribution is 2.08. The molecule has 0 saturated carbocycles. The van der Waals surface area contributed by atoms with Crippen LogP contribution in [0, 0.1) is 0 Å². The second-order valence-electron chi connectivity index (χ2n) is 4.78. The van der Waals surface area contributed by atoms with E-state index in [2.05, 4.69) is 34.1 Å². The molecule has 0 saturated heterocycles. The van der Waals surface area contributed by atoms with E-state index >= 15 is 0 Å². The summed E-state index contributed by atoms with van der Waals surface area (Å²) in [5.41, 5.74) is 0. The fourth-order valence-electron chi connectivity index (χ4n) is 1.84. The molecule has 2 heterocycles. The second-order valence-corrected chi connectivity index (χ2v) is 4.78. The van der Waals surface area contributed by atoms with Crippen molar-refractivity contribution in [2.45, 2.75) is 45.8 Å². The Kier molecular flexibility index (Phi) is 4.68. The fourth-order valence-corrected chi connectivity index (χ4v) is 1.84. The minimum atomic E-state index is 0.432. The van der Waals surface area contributed by atoms with E-state index in [1.165, 1.54) is 0 Å². The van der Waals surface area contributed by atoms with Crippen LogP contribution in [0.2, 0.25) is 0 Å². The van der Waals surface area contributed by atoms with Gasteiger partial charge in [0.2, 0.25) is 5.89 Å². The van der Waals surface area contributed by atoms with Gasteiger partial charge in [-0.2, -0.15) is 10.1 Å². The van der Waals surface area contributed by atoms with E-state index in [0.717, 1.165) is 25.2 Å². The molecule has 0 aliphatic carbocycles. The molecule has 2 rings (SSSR count). The Bertz CT molecular complexity index is 479. The van der Waals surface area contributed by atoms with Gasteiger partial charge in [-0.05, 0) is 26.5 Å². The van der Waals surface area contributed by atoms with Crippen molar-refractivity contribution in [2.75, 3.05) is 7.05 Å². The maximum atomic E-state index is 5.21. The zero-order chi connectivity index (χ0) is 13.7. The summed E-state index contributed by atoms with van der Waals surface area (Å²) in [7, 11) is 2.07. The highest BCUT2D eigenvalue weighted by atomic mass is 16.5. The van der Waals surface area contributed by atoms with Crippen LogP contribution in [0.25, 0.3) is 0 Å². The minimum absolute atomic E-state index is 0.432. The average molecular weight is 263 g/mol. The Morgan fingerprint density at radius 1 is 1.47 bits per heavy atom. The number of nitrogens with zero attached hydrogens (tertiary/aromatic N) is 5. The third-order valence-electron chi connectivity index (χ3n) is 3.30. The lowest BCUT2D eigenvalue weighted by Crippen LogP contribution is -2.29. The molecule has 19 heavy (non-hydrogen) atoms. The summed E-state index contributed by atoms with van der Waals surface area (Å²) in [6.45, 7) is 5.82. The summed E-state index contributed by atoms with van der Waals surface area (Å²) in [4.78, 5) is 6.54. The molecule has 0 radical (unpaired) electrons. The van der Waals surface area contributed by atoms with Gasteiger partial charge in [0.25, 0.3) is 0 Å². The van der Waals surface area contributed by atoms with Crippen LogP contribution in [0.5, 0.6) is 0 Å². The Morgan fingerprint density at radius 3 is 2.95 bits per heavy atom. The van der Waals surface area contributed by atoms with E-state index in [1.807, 2.05) is 23.9 Å². The fraction of sp³-hybridized carbons (Fsp3) is 0.615. The van der Waals surface area contributed by atoms with Crippen molar-refractivity contribution >= 4 is 0 Å². The van der Waals surface area contributed by atoms with E-state index < -0.39 is 0 Å². The predicted molar refractivity (Wildman–Crippen MR) is 71.4 cm³/mol. The molecule has 0 aromatic carbocycles. The maximum absolute atomic E-state index is 5.21. The Hall–Kier alpha value is -1.69. The summed E-state index contributed by atoms with van der Waals surface area (Å²) in [6.07, 6.45) is 5.63. The van der Waals surface area contributed by atoms with Gasteiger partial charge in [-0.25, -0.2) is 0 Å². The molecule has 0 N–H and O–H groups in total. The van der Waals surface area contributed by atoms with E-state index in [9.17, 15) is 0 Å². The number of rotatable bonds is 7. The Balaban J connectivity index is 1.79. The topological polar surface area (TPSA) is 60.0 Å². The van der Waals surface area contributed by atoms with E-state index in [-0.39, 0.29) is 0 Å². The van der Waals surface area contributed by atoms with Gasteiger partial charge in [0.05, 0.1) is 6.54 Å². The van der Waals surface area contributed by atoms with Gasteiger partial charge in [-0.15, -0.1) is 0 Å². The molecule has 0 amide bonds. The smallest absolute Gasteiger partial charge is 0.240 e. The zero-order valence-corrected chi connectivity index (χ0v) is 11.8. The molecule has 0 aliphatic rings. The number of aryl methyl sites for hydroxylation is 2. The summed E-state index contributed by atoms with van der Waals surface area (Å²) >= 11 is 0. The summed E-state index contributed by atoms with van der Waals surface area (Å²) < 4.78 is 7.16. The summed E-state index contributed by atoms with van der Waals surface area (Å²) in [6, 6.07) is 2.38. The summed E-state index contributed by atoms with van der Waals surface area (Å²) in [5, 5.41) is 8.11. The van der Waals surface area contributed by atoms with Crippen molar-refractivity contribution in [1.29, 1.82) is 0 Å². The van der Waals surface area contributed by atoms with E-state index in [4.69, 9.17) is 4.52 Å². The second kappa shape index (κ2) is 6.47. The SMILES string of the molecule is CCc1noc(CN(C)C(C)CCn2cccn2)n1. The molecule has 2 aromatic rings. The van der Waals surface area contributed by atoms with Crippen molar-refractivity contribution < 1.29 is 4.52 Å². The first-order chi connectivity index (χ1) is 9.19. The predicted octanol–water partition coefficient (Wildman–Crippen LogP) is 1.74. The third-order valence-corrected chi connectivity index (χ3v) is 3.30. The van der Waals surface area contributed by atoms with Crippen LogP contribution in [0.3, 0.4) is 0 Å². The Labute approximate surface area is 113 Å². The van der Waals surface area contributed by atoms with Crippen molar-refractivity contribution in [2.24, 2.45) is 0 Å². The number of hydrogen-bond acceptors (Lipinski definition) is 5. The van der Waals surface area contributed by atoms with Crippen molar-refractivity contribution in [3.8, 4) is 0 Å². The monoisotopic (exact) mass is 263 g/mol. The molecular weight excluding hydrogens is 242 g/mol. The highest BCUT2D eigenvalue weighted by molar-refractivity contribution is 4.86. The normalized spacial score (nSPS) is 13.1. The minimum Gasteiger partial charge on any atom is -0.338 e. The lowest BCUT2D eigenvalue weighted by molar-refractivity contribution is 0.200. The van der Waals surface area contributed by atoms with Crippen molar-refractivity contribution in [3.63, 3.8) is 0 Å². The van der Waals surface area contributed by atoms with E-state index in [0.29, 0.717) is 18.5 Å². The lowest BCUT2D eigenvalue weighted by atomic mass is 10.2. The highest BCUT2D eigenvalue weighted by Gasteiger charge is 2.13. The molecule has 1 unspecified atom stereocenters. The Morgan fingerprint density at radius 2 is 2.32 bits per heavy atom. The van der Waals surface area contributed by atoms with Crippen LogP contribution in [0.1, 0.15) is 32.0 Å². The first-order valence-corrected chi connectivity index (χ1v) is 6.68. The largest absolute Gasteiger partial charge is 0.338 e. The van der Waals surface area contributed by atoms with Gasteiger partial charge in [-0.1, -0.05) is 12.1 Å². The molecular formula is C13H21N5O. The van der Waals surface area contributed by atoms with Crippen LogP contribution in [-0.2, 0) is 19.5 Å². The molecule has 0 bridgehead atoms. The van der Waals surface area contributed by atoms with Crippen LogP contribution < -0.4 is 0 Å².